The first-order valence-electron chi connectivity index (χ1n) is 15.4. The predicted molar refractivity (Wildman–Crippen MR) is 177 cm³/mol. The quantitative estimate of drug-likeness (QED) is 0.233. The monoisotopic (exact) mass is 636 g/mol. The lowest BCUT2D eigenvalue weighted by atomic mass is 9.99. The maximum atomic E-state index is 13.4. The van der Waals surface area contributed by atoms with Gasteiger partial charge in [0.15, 0.2) is 9.84 Å². The van der Waals surface area contributed by atoms with Crippen LogP contribution in [0.3, 0.4) is 0 Å². The van der Waals surface area contributed by atoms with Gasteiger partial charge in [-0.15, -0.1) is 0 Å². The number of anilines is 1. The Balaban J connectivity index is 1.30. The highest BCUT2D eigenvalue weighted by atomic mass is 35.5. The van der Waals surface area contributed by atoms with Gasteiger partial charge in [0.25, 0.3) is 5.91 Å². The first-order valence-corrected chi connectivity index (χ1v) is 17.4. The molecule has 2 aliphatic rings. The first kappa shape index (κ1) is 32.4. The zero-order valence-electron chi connectivity index (χ0n) is 25.5. The molecule has 0 saturated carbocycles. The number of nitrogens with one attached hydrogen (secondary N) is 1. The molecular weight excluding hydrogens is 596 g/mol. The van der Waals surface area contributed by atoms with Gasteiger partial charge in [0.1, 0.15) is 0 Å². The summed E-state index contributed by atoms with van der Waals surface area (Å²) in [5.41, 5.74) is 5.40. The van der Waals surface area contributed by atoms with Crippen LogP contribution in [0.25, 0.3) is 17.2 Å². The summed E-state index contributed by atoms with van der Waals surface area (Å²) < 4.78 is 37.4. The summed E-state index contributed by atoms with van der Waals surface area (Å²) in [6.45, 7) is 5.88. The Labute approximate surface area is 266 Å². The third kappa shape index (κ3) is 8.17. The van der Waals surface area contributed by atoms with Gasteiger partial charge in [-0.2, -0.15) is 0 Å². The molecule has 0 aromatic heterocycles. The molecule has 1 amide bonds. The number of amides is 1. The van der Waals surface area contributed by atoms with E-state index in [0.29, 0.717) is 34.5 Å². The number of carbonyl (C=O) groups is 1. The summed E-state index contributed by atoms with van der Waals surface area (Å²) in [4.78, 5) is 15.9. The fourth-order valence-electron chi connectivity index (χ4n) is 5.74. The molecule has 2 aliphatic heterocycles. The highest BCUT2D eigenvalue weighted by Gasteiger charge is 2.25. The minimum atomic E-state index is -3.57. The van der Waals surface area contributed by atoms with Crippen LogP contribution >= 0.6 is 11.6 Å². The summed E-state index contributed by atoms with van der Waals surface area (Å²) in [6, 6.07) is 19.4. The maximum absolute atomic E-state index is 13.4. The summed E-state index contributed by atoms with van der Waals surface area (Å²) in [6.07, 6.45) is 5.64. The minimum Gasteiger partial charge on any atom is -0.381 e. The van der Waals surface area contributed by atoms with E-state index >= 15 is 0 Å². The number of halogens is 1. The van der Waals surface area contributed by atoms with E-state index in [9.17, 15) is 13.2 Å². The predicted octanol–water partition coefficient (Wildman–Crippen LogP) is 6.79. The zero-order valence-corrected chi connectivity index (χ0v) is 27.1. The molecule has 0 radical (unpaired) electrons. The second-order valence-electron chi connectivity index (χ2n) is 11.6. The molecule has 3 aromatic carbocycles. The topological polar surface area (TPSA) is 84.9 Å². The van der Waals surface area contributed by atoms with Crippen molar-refractivity contribution < 1.29 is 22.7 Å². The van der Waals surface area contributed by atoms with Crippen LogP contribution in [0.15, 0.2) is 71.1 Å². The molecule has 5 rings (SSSR count). The van der Waals surface area contributed by atoms with Crippen LogP contribution in [0, 0.1) is 0 Å². The van der Waals surface area contributed by atoms with Gasteiger partial charge in [-0.3, -0.25) is 9.69 Å². The molecule has 7 nitrogen and oxygen atoms in total. The van der Waals surface area contributed by atoms with Gasteiger partial charge in [0.2, 0.25) is 0 Å². The summed E-state index contributed by atoms with van der Waals surface area (Å²) in [5, 5.41) is 3.55. The van der Waals surface area contributed by atoms with Crippen LogP contribution in [-0.2, 0) is 37.1 Å². The van der Waals surface area contributed by atoms with Crippen molar-refractivity contribution >= 4 is 39.1 Å². The molecule has 3 aromatic rings. The maximum Gasteiger partial charge on any atom is 0.251 e. The van der Waals surface area contributed by atoms with Crippen molar-refractivity contribution in [3.05, 3.63) is 87.9 Å². The number of carbonyl (C=O) groups excluding carboxylic acids is 1. The number of rotatable bonds is 11. The number of sulfone groups is 1. The normalized spacial score (nSPS) is 16.7. The molecular formula is C35H41ClN2O5S. The molecule has 44 heavy (non-hydrogen) atoms. The van der Waals surface area contributed by atoms with Gasteiger partial charge in [-0.25, -0.2) is 8.42 Å². The SMILES string of the molecule is CCCOCCc1ccc(-c2ccc3c(c2)C=C(C(=O)Nc2ccc(CN(C)C4CCOCC4)cc2)CCS3(=O)=O)c(Cl)c1. The Morgan fingerprint density at radius 3 is 2.50 bits per heavy atom. The molecule has 0 bridgehead atoms. The van der Waals surface area contributed by atoms with Crippen molar-refractivity contribution in [3.63, 3.8) is 0 Å². The smallest absolute Gasteiger partial charge is 0.251 e. The van der Waals surface area contributed by atoms with Gasteiger partial charge in [0, 0.05) is 54.3 Å². The van der Waals surface area contributed by atoms with Crippen LogP contribution in [-0.4, -0.2) is 64.5 Å². The van der Waals surface area contributed by atoms with Crippen LogP contribution in [0.4, 0.5) is 5.69 Å². The molecule has 1 fully saturated rings. The van der Waals surface area contributed by atoms with Gasteiger partial charge >= 0.3 is 0 Å². The molecule has 1 N–H and O–H groups in total. The fraction of sp³-hybridized carbons (Fsp3) is 0.400. The van der Waals surface area contributed by atoms with E-state index < -0.39 is 9.84 Å². The van der Waals surface area contributed by atoms with Crippen molar-refractivity contribution in [2.24, 2.45) is 0 Å². The van der Waals surface area contributed by atoms with Crippen LogP contribution in [0.2, 0.25) is 5.02 Å². The zero-order chi connectivity index (χ0) is 31.1. The highest BCUT2D eigenvalue weighted by molar-refractivity contribution is 7.91. The lowest BCUT2D eigenvalue weighted by molar-refractivity contribution is -0.112. The third-order valence-electron chi connectivity index (χ3n) is 8.29. The molecule has 0 unspecified atom stereocenters. The Morgan fingerprint density at radius 2 is 1.77 bits per heavy atom. The Hall–Kier alpha value is -3.01. The molecule has 0 spiro atoms. The van der Waals surface area contributed by atoms with E-state index in [4.69, 9.17) is 21.1 Å². The van der Waals surface area contributed by atoms with Gasteiger partial charge in [-0.05, 0) is 97.8 Å². The Kier molecular flexibility index (Phi) is 10.9. The average molecular weight is 637 g/mol. The van der Waals surface area contributed by atoms with E-state index in [1.54, 1.807) is 24.3 Å². The second-order valence-corrected chi connectivity index (χ2v) is 14.1. The van der Waals surface area contributed by atoms with E-state index in [-0.39, 0.29) is 23.0 Å². The largest absolute Gasteiger partial charge is 0.381 e. The summed E-state index contributed by atoms with van der Waals surface area (Å²) >= 11 is 6.68. The van der Waals surface area contributed by atoms with Crippen LogP contribution in [0.1, 0.15) is 49.3 Å². The van der Waals surface area contributed by atoms with Crippen molar-refractivity contribution in [3.8, 4) is 11.1 Å². The number of nitrogens with zero attached hydrogens (tertiary/aromatic N) is 1. The van der Waals surface area contributed by atoms with Gasteiger partial charge in [0.05, 0.1) is 17.3 Å². The van der Waals surface area contributed by atoms with Crippen LogP contribution < -0.4 is 5.32 Å². The standard InChI is InChI=1S/C35H41ClN2O5S/c1-3-16-42-17-12-25-6-10-32(33(36)21-25)27-7-11-34-29(22-27)23-28(15-20-44(34,40)41)35(39)37-30-8-4-26(5-9-30)24-38(2)31-13-18-43-19-14-31/h4-11,21-23,31H,3,12-20,24H2,1-2H3,(H,37,39). The number of fused-ring (bicyclic) bond motifs is 1. The molecule has 234 valence electrons. The third-order valence-corrected chi connectivity index (χ3v) is 10.4. The minimum absolute atomic E-state index is 0.127. The van der Waals surface area contributed by atoms with Crippen molar-refractivity contribution in [1.29, 1.82) is 0 Å². The van der Waals surface area contributed by atoms with E-state index in [1.165, 1.54) is 0 Å². The van der Waals surface area contributed by atoms with Gasteiger partial charge in [-0.1, -0.05) is 48.9 Å². The Bertz CT molecular complexity index is 1600. The molecule has 0 aliphatic carbocycles. The molecule has 9 heteroatoms. The van der Waals surface area contributed by atoms with Crippen molar-refractivity contribution in [2.45, 2.75) is 56.5 Å². The van der Waals surface area contributed by atoms with E-state index in [1.807, 2.05) is 42.5 Å². The highest BCUT2D eigenvalue weighted by Crippen LogP contribution is 2.34. The molecule has 1 saturated heterocycles. The number of benzene rings is 3. The number of hydrogen-bond acceptors (Lipinski definition) is 6. The lowest BCUT2D eigenvalue weighted by Gasteiger charge is -2.31. The van der Waals surface area contributed by atoms with E-state index in [0.717, 1.165) is 74.3 Å². The number of hydrogen-bond donors (Lipinski definition) is 1. The molecule has 0 atom stereocenters. The molecule has 2 heterocycles. The summed E-state index contributed by atoms with van der Waals surface area (Å²) in [7, 11) is -1.43. The Morgan fingerprint density at radius 1 is 1.02 bits per heavy atom. The van der Waals surface area contributed by atoms with E-state index in [2.05, 4.69) is 24.2 Å². The fourth-order valence-corrected chi connectivity index (χ4v) is 7.51. The second kappa shape index (κ2) is 14.8. The lowest BCUT2D eigenvalue weighted by Crippen LogP contribution is -2.36. The van der Waals surface area contributed by atoms with Crippen LogP contribution in [0.5, 0.6) is 0 Å². The summed E-state index contributed by atoms with van der Waals surface area (Å²) in [5.74, 6) is -0.441. The number of ether oxygens (including phenoxy) is 2. The average Bonchev–Trinajstić information content (AvgIpc) is 3.16. The van der Waals surface area contributed by atoms with Crippen molar-refractivity contribution in [2.75, 3.05) is 44.5 Å². The van der Waals surface area contributed by atoms with Crippen molar-refractivity contribution in [1.82, 2.24) is 4.90 Å². The van der Waals surface area contributed by atoms with Gasteiger partial charge < -0.3 is 14.8 Å². The first-order chi connectivity index (χ1) is 21.2.